The molecule has 0 spiro atoms. The molecule has 0 bridgehead atoms. The lowest BCUT2D eigenvalue weighted by molar-refractivity contribution is 1.04. The van der Waals surface area contributed by atoms with Gasteiger partial charge in [-0.15, -0.1) is 11.8 Å². The lowest BCUT2D eigenvalue weighted by Crippen LogP contribution is -2.06. The number of thioether (sulfide) groups is 1. The van der Waals surface area contributed by atoms with Gasteiger partial charge in [-0.3, -0.25) is 0 Å². The zero-order valence-electron chi connectivity index (χ0n) is 11.4. The molecule has 20 heavy (non-hydrogen) atoms. The van der Waals surface area contributed by atoms with E-state index < -0.39 is 0 Å². The predicted octanol–water partition coefficient (Wildman–Crippen LogP) is 3.29. The van der Waals surface area contributed by atoms with Gasteiger partial charge in [0.25, 0.3) is 0 Å². The Morgan fingerprint density at radius 1 is 1.30 bits per heavy atom. The molecule has 0 amide bonds. The number of halogens is 1. The first kappa shape index (κ1) is 14.9. The van der Waals surface area contributed by atoms with Crippen LogP contribution < -0.4 is 10.6 Å². The fourth-order valence-corrected chi connectivity index (χ4v) is 2.59. The van der Waals surface area contributed by atoms with Crippen LogP contribution in [0.2, 0.25) is 5.15 Å². The molecule has 2 rings (SSSR count). The summed E-state index contributed by atoms with van der Waals surface area (Å²) in [5.74, 6) is 1.70. The highest BCUT2D eigenvalue weighted by Gasteiger charge is 2.07. The normalized spacial score (nSPS) is 10.3. The first-order chi connectivity index (χ1) is 9.74. The summed E-state index contributed by atoms with van der Waals surface area (Å²) < 4.78 is 0. The Labute approximate surface area is 127 Å². The Morgan fingerprint density at radius 2 is 2.15 bits per heavy atom. The third-order valence-electron chi connectivity index (χ3n) is 2.60. The average Bonchev–Trinajstić information content (AvgIpc) is 2.46. The molecule has 0 unspecified atom stereocenters. The van der Waals surface area contributed by atoms with Crippen molar-refractivity contribution in [1.82, 2.24) is 15.0 Å². The molecule has 0 aliphatic rings. The van der Waals surface area contributed by atoms with Crippen LogP contribution >= 0.6 is 23.4 Å². The number of nitrogens with one attached hydrogen (secondary N) is 2. The van der Waals surface area contributed by atoms with Crippen molar-refractivity contribution in [3.8, 4) is 0 Å². The number of rotatable bonds is 6. The maximum absolute atomic E-state index is 6.01. The second kappa shape index (κ2) is 7.31. The van der Waals surface area contributed by atoms with Crippen molar-refractivity contribution in [2.75, 3.05) is 23.4 Å². The van der Waals surface area contributed by atoms with E-state index in [0.717, 1.165) is 16.3 Å². The van der Waals surface area contributed by atoms with Crippen molar-refractivity contribution in [2.45, 2.75) is 18.5 Å². The van der Waals surface area contributed by atoms with E-state index >= 15 is 0 Å². The summed E-state index contributed by atoms with van der Waals surface area (Å²) in [6.07, 6.45) is 3.26. The molecule has 0 fully saturated rings. The topological polar surface area (TPSA) is 62.7 Å². The first-order valence-corrected chi connectivity index (χ1v) is 7.60. The molecule has 0 aliphatic heterocycles. The van der Waals surface area contributed by atoms with Crippen LogP contribution in [0, 0.1) is 0 Å². The number of nitrogens with zero attached hydrogens (tertiary/aromatic N) is 3. The second-order valence-electron chi connectivity index (χ2n) is 3.93. The van der Waals surface area contributed by atoms with Crippen LogP contribution in [-0.2, 0) is 6.54 Å². The second-order valence-corrected chi connectivity index (χ2v) is 5.57. The molecule has 2 N–H and O–H groups in total. The van der Waals surface area contributed by atoms with E-state index in [9.17, 15) is 0 Å². The van der Waals surface area contributed by atoms with Crippen LogP contribution in [0.3, 0.4) is 0 Å². The maximum Gasteiger partial charge on any atom is 0.157 e. The number of aromatic nitrogens is 3. The molecular formula is C13H16ClN5S. The molecule has 0 radical (unpaired) electrons. The molecule has 2 aromatic rings. The van der Waals surface area contributed by atoms with E-state index in [1.54, 1.807) is 18.8 Å². The summed E-state index contributed by atoms with van der Waals surface area (Å²) >= 11 is 7.73. The van der Waals surface area contributed by atoms with Gasteiger partial charge >= 0.3 is 0 Å². The summed E-state index contributed by atoms with van der Waals surface area (Å²) in [4.78, 5) is 12.4. The van der Waals surface area contributed by atoms with E-state index in [1.807, 2.05) is 12.3 Å². The zero-order chi connectivity index (χ0) is 14.4. The van der Waals surface area contributed by atoms with E-state index in [4.69, 9.17) is 11.6 Å². The third-order valence-corrected chi connectivity index (χ3v) is 3.70. The molecule has 2 heterocycles. The van der Waals surface area contributed by atoms with Gasteiger partial charge in [-0.25, -0.2) is 15.0 Å². The Morgan fingerprint density at radius 3 is 2.90 bits per heavy atom. The molecule has 0 atom stereocenters. The quantitative estimate of drug-likeness (QED) is 0.630. The van der Waals surface area contributed by atoms with Gasteiger partial charge in [0.05, 0.1) is 5.03 Å². The van der Waals surface area contributed by atoms with Gasteiger partial charge in [-0.05, 0) is 23.4 Å². The Hall–Kier alpha value is -1.53. The van der Waals surface area contributed by atoms with Crippen molar-refractivity contribution < 1.29 is 0 Å². The van der Waals surface area contributed by atoms with Crippen molar-refractivity contribution in [3.63, 3.8) is 0 Å². The number of pyridine rings is 1. The molecular weight excluding hydrogens is 294 g/mol. The first-order valence-electron chi connectivity index (χ1n) is 6.24. The molecule has 0 aromatic carbocycles. The fourth-order valence-electron chi connectivity index (χ4n) is 1.69. The fraction of sp³-hybridized carbons (Fsp3) is 0.308. The molecule has 5 nitrogen and oxygen atoms in total. The van der Waals surface area contributed by atoms with Gasteiger partial charge in [-0.1, -0.05) is 18.5 Å². The lowest BCUT2D eigenvalue weighted by atomic mass is 10.2. The van der Waals surface area contributed by atoms with E-state index in [2.05, 4.69) is 38.6 Å². The number of hydrogen-bond acceptors (Lipinski definition) is 6. The SMILES string of the molecule is CCSc1cc(CNc2ncnc(Cl)c2NC)ccn1. The highest BCUT2D eigenvalue weighted by Crippen LogP contribution is 2.25. The van der Waals surface area contributed by atoms with Gasteiger partial charge in [0, 0.05) is 19.8 Å². The molecule has 7 heteroatoms. The van der Waals surface area contributed by atoms with Gasteiger partial charge in [0.1, 0.15) is 12.0 Å². The largest absolute Gasteiger partial charge is 0.383 e. The summed E-state index contributed by atoms with van der Waals surface area (Å²) in [7, 11) is 1.79. The number of hydrogen-bond donors (Lipinski definition) is 2. The highest BCUT2D eigenvalue weighted by atomic mass is 35.5. The smallest absolute Gasteiger partial charge is 0.157 e. The molecule has 2 aromatic heterocycles. The molecule has 0 saturated carbocycles. The highest BCUT2D eigenvalue weighted by molar-refractivity contribution is 7.99. The Balaban J connectivity index is 2.09. The van der Waals surface area contributed by atoms with Crippen LogP contribution in [0.5, 0.6) is 0 Å². The van der Waals surface area contributed by atoms with E-state index in [1.165, 1.54) is 6.33 Å². The third kappa shape index (κ3) is 3.74. The minimum atomic E-state index is 0.405. The maximum atomic E-state index is 6.01. The average molecular weight is 310 g/mol. The zero-order valence-corrected chi connectivity index (χ0v) is 12.9. The van der Waals surface area contributed by atoms with Crippen LogP contribution in [0.25, 0.3) is 0 Å². The molecule has 0 aliphatic carbocycles. The van der Waals surface area contributed by atoms with E-state index in [-0.39, 0.29) is 0 Å². The summed E-state index contributed by atoms with van der Waals surface area (Å²) in [6.45, 7) is 2.77. The molecule has 0 saturated heterocycles. The van der Waals surface area contributed by atoms with Gasteiger partial charge in [-0.2, -0.15) is 0 Å². The van der Waals surface area contributed by atoms with Gasteiger partial charge in [0.15, 0.2) is 11.0 Å². The van der Waals surface area contributed by atoms with Crippen molar-refractivity contribution in [1.29, 1.82) is 0 Å². The minimum Gasteiger partial charge on any atom is -0.383 e. The van der Waals surface area contributed by atoms with Crippen LogP contribution in [0.15, 0.2) is 29.7 Å². The van der Waals surface area contributed by atoms with Crippen LogP contribution in [0.4, 0.5) is 11.5 Å². The Kier molecular flexibility index (Phi) is 5.43. The standard InChI is InChI=1S/C13H16ClN5S/c1-3-20-10-6-9(4-5-16-10)7-17-13-11(15-2)12(14)18-8-19-13/h4-6,8,15H,3,7H2,1-2H3,(H,17,18,19). The minimum absolute atomic E-state index is 0.405. The van der Waals surface area contributed by atoms with Crippen LogP contribution in [0.1, 0.15) is 12.5 Å². The van der Waals surface area contributed by atoms with Crippen molar-refractivity contribution in [3.05, 3.63) is 35.4 Å². The van der Waals surface area contributed by atoms with E-state index in [0.29, 0.717) is 23.2 Å². The van der Waals surface area contributed by atoms with Crippen molar-refractivity contribution >= 4 is 34.9 Å². The van der Waals surface area contributed by atoms with Gasteiger partial charge in [0.2, 0.25) is 0 Å². The van der Waals surface area contributed by atoms with Gasteiger partial charge < -0.3 is 10.6 Å². The lowest BCUT2D eigenvalue weighted by Gasteiger charge is -2.11. The summed E-state index contributed by atoms with van der Waals surface area (Å²) in [5.41, 5.74) is 1.85. The summed E-state index contributed by atoms with van der Waals surface area (Å²) in [6, 6.07) is 4.05. The molecule has 106 valence electrons. The van der Waals surface area contributed by atoms with Crippen molar-refractivity contribution in [2.24, 2.45) is 0 Å². The Bertz CT molecular complexity index is 578. The monoisotopic (exact) mass is 309 g/mol. The summed E-state index contributed by atoms with van der Waals surface area (Å²) in [5, 5.41) is 7.69. The number of anilines is 2. The predicted molar refractivity (Wildman–Crippen MR) is 84.6 cm³/mol. The van der Waals surface area contributed by atoms with Crippen LogP contribution in [-0.4, -0.2) is 27.8 Å².